The van der Waals surface area contributed by atoms with Crippen LogP contribution in [0, 0.1) is 20.8 Å². The summed E-state index contributed by atoms with van der Waals surface area (Å²) in [4.78, 5) is 4.30. The Morgan fingerprint density at radius 3 is 2.44 bits per heavy atom. The van der Waals surface area contributed by atoms with Gasteiger partial charge in [0.1, 0.15) is 12.1 Å². The van der Waals surface area contributed by atoms with Gasteiger partial charge in [-0.3, -0.25) is 9.25 Å². The number of nitrogens with zero attached hydrogens (tertiary/aromatic N) is 4. The molecule has 5 nitrogen and oxygen atoms in total. The summed E-state index contributed by atoms with van der Waals surface area (Å²) in [6.07, 6.45) is 1.82. The van der Waals surface area contributed by atoms with Crippen LogP contribution in [0.3, 0.4) is 0 Å². The Morgan fingerprint density at radius 1 is 1.25 bits per heavy atom. The summed E-state index contributed by atoms with van der Waals surface area (Å²) in [7, 11) is 1.93. The minimum absolute atomic E-state index is 0.492. The Balaban J connectivity index is 2.68. The van der Waals surface area contributed by atoms with E-state index in [9.17, 15) is 0 Å². The maximum absolute atomic E-state index is 5.77. The lowest BCUT2D eigenvalue weighted by molar-refractivity contribution is 0.715. The zero-order valence-electron chi connectivity index (χ0n) is 10.2. The van der Waals surface area contributed by atoms with Crippen molar-refractivity contribution in [3.8, 4) is 5.82 Å². The molecule has 2 heterocycles. The van der Waals surface area contributed by atoms with Gasteiger partial charge in [0.05, 0.1) is 11.4 Å². The number of hydrogen-bond donors (Lipinski definition) is 1. The topological polar surface area (TPSA) is 61.7 Å². The molecule has 0 atom stereocenters. The van der Waals surface area contributed by atoms with Gasteiger partial charge in [0.2, 0.25) is 0 Å². The third kappa shape index (κ3) is 1.44. The van der Waals surface area contributed by atoms with Crippen LogP contribution < -0.4 is 5.73 Å². The number of rotatable bonds is 2. The maximum atomic E-state index is 5.77. The SMILES string of the molecule is Cc1nn(C)c(-n2cnc(C)c2C)c1CN. The fourth-order valence-electron chi connectivity index (χ4n) is 1.94. The van der Waals surface area contributed by atoms with E-state index in [2.05, 4.69) is 10.1 Å². The fourth-order valence-corrected chi connectivity index (χ4v) is 1.94. The minimum Gasteiger partial charge on any atom is -0.326 e. The molecule has 2 aromatic rings. The van der Waals surface area contributed by atoms with Gasteiger partial charge < -0.3 is 5.73 Å². The number of aromatic nitrogens is 4. The molecule has 2 aromatic heterocycles. The smallest absolute Gasteiger partial charge is 0.140 e. The second kappa shape index (κ2) is 3.75. The van der Waals surface area contributed by atoms with E-state index in [4.69, 9.17) is 5.73 Å². The maximum Gasteiger partial charge on any atom is 0.140 e. The van der Waals surface area contributed by atoms with Crippen molar-refractivity contribution in [1.29, 1.82) is 0 Å². The molecule has 0 fully saturated rings. The molecule has 2 rings (SSSR count). The van der Waals surface area contributed by atoms with Crippen molar-refractivity contribution >= 4 is 0 Å². The molecular formula is C11H17N5. The second-order valence-corrected chi connectivity index (χ2v) is 4.00. The highest BCUT2D eigenvalue weighted by Crippen LogP contribution is 2.19. The normalized spacial score (nSPS) is 11.1. The lowest BCUT2D eigenvalue weighted by atomic mass is 10.2. The average Bonchev–Trinajstić information content (AvgIpc) is 2.69. The van der Waals surface area contributed by atoms with Crippen LogP contribution in [0.1, 0.15) is 22.6 Å². The van der Waals surface area contributed by atoms with E-state index in [1.54, 1.807) is 0 Å². The molecule has 0 radical (unpaired) electrons. The molecule has 0 spiro atoms. The first-order valence-electron chi connectivity index (χ1n) is 5.29. The highest BCUT2D eigenvalue weighted by atomic mass is 15.3. The van der Waals surface area contributed by atoms with Gasteiger partial charge in [-0.1, -0.05) is 0 Å². The first-order chi connectivity index (χ1) is 7.56. The van der Waals surface area contributed by atoms with Crippen LogP contribution in [-0.4, -0.2) is 19.3 Å². The largest absolute Gasteiger partial charge is 0.326 e. The summed E-state index contributed by atoms with van der Waals surface area (Å²) >= 11 is 0. The molecule has 2 N–H and O–H groups in total. The quantitative estimate of drug-likeness (QED) is 0.819. The molecule has 0 unspecified atom stereocenters. The highest BCUT2D eigenvalue weighted by molar-refractivity contribution is 5.40. The molecule has 0 saturated carbocycles. The van der Waals surface area contributed by atoms with Crippen molar-refractivity contribution in [2.45, 2.75) is 27.3 Å². The van der Waals surface area contributed by atoms with Crippen LogP contribution in [0.4, 0.5) is 0 Å². The van der Waals surface area contributed by atoms with E-state index in [0.717, 1.165) is 28.5 Å². The molecular weight excluding hydrogens is 202 g/mol. The van der Waals surface area contributed by atoms with Gasteiger partial charge in [-0.05, 0) is 20.8 Å². The standard InChI is InChI=1S/C11H17N5/c1-7-9(3)16(6-13-7)11-10(5-12)8(2)14-15(11)4/h6H,5,12H2,1-4H3. The summed E-state index contributed by atoms with van der Waals surface area (Å²) in [5.41, 5.74) is 9.97. The Labute approximate surface area is 94.9 Å². The van der Waals surface area contributed by atoms with Crippen LogP contribution in [0.15, 0.2) is 6.33 Å². The number of aryl methyl sites for hydroxylation is 3. The summed E-state index contributed by atoms with van der Waals surface area (Å²) < 4.78 is 3.89. The van der Waals surface area contributed by atoms with E-state index in [1.165, 1.54) is 0 Å². The summed E-state index contributed by atoms with van der Waals surface area (Å²) in [6.45, 7) is 6.51. The third-order valence-corrected chi connectivity index (χ3v) is 3.00. The first kappa shape index (κ1) is 10.9. The number of hydrogen-bond acceptors (Lipinski definition) is 3. The Hall–Kier alpha value is -1.62. The third-order valence-electron chi connectivity index (χ3n) is 3.00. The predicted octanol–water partition coefficient (Wildman–Crippen LogP) is 0.990. The number of nitrogens with two attached hydrogens (primary N) is 1. The summed E-state index contributed by atoms with van der Waals surface area (Å²) in [5.74, 6) is 1.01. The van der Waals surface area contributed by atoms with E-state index in [0.29, 0.717) is 6.54 Å². The van der Waals surface area contributed by atoms with Crippen LogP contribution in [0.2, 0.25) is 0 Å². The van der Waals surface area contributed by atoms with Gasteiger partial charge >= 0.3 is 0 Å². The van der Waals surface area contributed by atoms with Crippen molar-refractivity contribution in [3.63, 3.8) is 0 Å². The Kier molecular flexibility index (Phi) is 2.55. The molecule has 16 heavy (non-hydrogen) atoms. The molecule has 0 aliphatic carbocycles. The molecule has 0 saturated heterocycles. The zero-order chi connectivity index (χ0) is 11.9. The molecule has 0 bridgehead atoms. The summed E-state index contributed by atoms with van der Waals surface area (Å²) in [5, 5.41) is 4.40. The van der Waals surface area contributed by atoms with Crippen molar-refractivity contribution in [2.75, 3.05) is 0 Å². The molecule has 0 amide bonds. The van der Waals surface area contributed by atoms with Gasteiger partial charge in [-0.25, -0.2) is 4.98 Å². The van der Waals surface area contributed by atoms with Crippen molar-refractivity contribution in [1.82, 2.24) is 19.3 Å². The monoisotopic (exact) mass is 219 g/mol. The van der Waals surface area contributed by atoms with Crippen LogP contribution in [0.25, 0.3) is 5.82 Å². The zero-order valence-corrected chi connectivity index (χ0v) is 10.2. The van der Waals surface area contributed by atoms with E-state index >= 15 is 0 Å². The first-order valence-corrected chi connectivity index (χ1v) is 5.29. The minimum atomic E-state index is 0.492. The molecule has 0 aliphatic rings. The van der Waals surface area contributed by atoms with Gasteiger partial charge in [0, 0.05) is 24.8 Å². The second-order valence-electron chi connectivity index (χ2n) is 4.00. The van der Waals surface area contributed by atoms with Crippen LogP contribution in [-0.2, 0) is 13.6 Å². The average molecular weight is 219 g/mol. The fraction of sp³-hybridized carbons (Fsp3) is 0.455. The molecule has 0 aliphatic heterocycles. The molecule has 5 heteroatoms. The number of imidazole rings is 1. The lowest BCUT2D eigenvalue weighted by Crippen LogP contribution is -2.08. The van der Waals surface area contributed by atoms with Crippen molar-refractivity contribution in [2.24, 2.45) is 12.8 Å². The van der Waals surface area contributed by atoms with E-state index < -0.39 is 0 Å². The van der Waals surface area contributed by atoms with E-state index in [1.807, 2.05) is 43.4 Å². The van der Waals surface area contributed by atoms with Gasteiger partial charge in [0.25, 0.3) is 0 Å². The van der Waals surface area contributed by atoms with Crippen LogP contribution >= 0.6 is 0 Å². The molecule has 0 aromatic carbocycles. The Morgan fingerprint density at radius 2 is 1.94 bits per heavy atom. The van der Waals surface area contributed by atoms with Gasteiger partial charge in [-0.2, -0.15) is 5.10 Å². The van der Waals surface area contributed by atoms with E-state index in [-0.39, 0.29) is 0 Å². The highest BCUT2D eigenvalue weighted by Gasteiger charge is 2.15. The summed E-state index contributed by atoms with van der Waals surface area (Å²) in [6, 6.07) is 0. The lowest BCUT2D eigenvalue weighted by Gasteiger charge is -2.08. The van der Waals surface area contributed by atoms with Gasteiger partial charge in [0.15, 0.2) is 0 Å². The van der Waals surface area contributed by atoms with Crippen LogP contribution in [0.5, 0.6) is 0 Å². The predicted molar refractivity (Wildman–Crippen MR) is 62.4 cm³/mol. The van der Waals surface area contributed by atoms with Gasteiger partial charge in [-0.15, -0.1) is 0 Å². The van der Waals surface area contributed by atoms with Crippen molar-refractivity contribution < 1.29 is 0 Å². The molecule has 86 valence electrons. The van der Waals surface area contributed by atoms with Crippen molar-refractivity contribution in [3.05, 3.63) is 29.0 Å². The Bertz CT molecular complexity index is 521.